The van der Waals surface area contributed by atoms with Crippen LogP contribution in [0, 0.1) is 0 Å². The van der Waals surface area contributed by atoms with Crippen molar-refractivity contribution in [1.82, 2.24) is 9.55 Å². The van der Waals surface area contributed by atoms with Crippen molar-refractivity contribution in [3.05, 3.63) is 59.9 Å². The number of halogens is 3. The minimum Gasteiger partial charge on any atom is -0.406 e. The van der Waals surface area contributed by atoms with E-state index >= 15 is 0 Å². The van der Waals surface area contributed by atoms with Crippen molar-refractivity contribution in [2.75, 3.05) is 5.32 Å². The van der Waals surface area contributed by atoms with Crippen molar-refractivity contribution >= 4 is 22.9 Å². The van der Waals surface area contributed by atoms with Crippen molar-refractivity contribution in [2.45, 2.75) is 12.8 Å². The van der Waals surface area contributed by atoms with Gasteiger partial charge in [-0.3, -0.25) is 4.79 Å². The molecular weight excluding hydrogens is 355 g/mol. The number of carbonyl (C=O) groups excluding carboxylic acids is 1. The van der Waals surface area contributed by atoms with Crippen LogP contribution >= 0.6 is 11.3 Å². The van der Waals surface area contributed by atoms with E-state index in [0.29, 0.717) is 5.69 Å². The van der Waals surface area contributed by atoms with E-state index in [1.54, 1.807) is 6.20 Å². The molecule has 2 aromatic heterocycles. The smallest absolute Gasteiger partial charge is 0.406 e. The van der Waals surface area contributed by atoms with Crippen LogP contribution in [-0.2, 0) is 11.2 Å². The highest BCUT2D eigenvalue weighted by Crippen LogP contribution is 2.24. The summed E-state index contributed by atoms with van der Waals surface area (Å²) in [5, 5.41) is 3.37. The first-order chi connectivity index (χ1) is 11.9. The highest BCUT2D eigenvalue weighted by Gasteiger charge is 2.30. The van der Waals surface area contributed by atoms with Gasteiger partial charge >= 0.3 is 6.36 Å². The highest BCUT2D eigenvalue weighted by atomic mass is 32.1. The van der Waals surface area contributed by atoms with Gasteiger partial charge in [0, 0.05) is 29.2 Å². The average Bonchev–Trinajstić information content (AvgIpc) is 3.18. The van der Waals surface area contributed by atoms with Gasteiger partial charge in [-0.25, -0.2) is 4.98 Å². The Morgan fingerprint density at radius 3 is 2.52 bits per heavy atom. The second-order valence-corrected chi connectivity index (χ2v) is 6.09. The maximum atomic E-state index is 12.1. The molecule has 0 aliphatic rings. The van der Waals surface area contributed by atoms with Gasteiger partial charge in [-0.2, -0.15) is 0 Å². The van der Waals surface area contributed by atoms with Gasteiger partial charge < -0.3 is 14.6 Å². The second-order valence-electron chi connectivity index (χ2n) is 5.00. The first kappa shape index (κ1) is 17.0. The first-order valence-corrected chi connectivity index (χ1v) is 7.94. The summed E-state index contributed by atoms with van der Waals surface area (Å²) in [5.74, 6) is -0.628. The van der Waals surface area contributed by atoms with Crippen LogP contribution in [-0.4, -0.2) is 21.8 Å². The van der Waals surface area contributed by atoms with Crippen LogP contribution in [0.2, 0.25) is 0 Å². The molecule has 3 rings (SSSR count). The van der Waals surface area contributed by atoms with E-state index in [0.717, 1.165) is 22.1 Å². The number of rotatable bonds is 5. The number of nitrogens with one attached hydrogen (secondary N) is 1. The summed E-state index contributed by atoms with van der Waals surface area (Å²) in [6.45, 7) is 0. The monoisotopic (exact) mass is 367 g/mol. The Bertz CT molecular complexity index is 842. The van der Waals surface area contributed by atoms with E-state index in [9.17, 15) is 18.0 Å². The molecular formula is C16H12F3N3O2S. The van der Waals surface area contributed by atoms with Gasteiger partial charge in [0.05, 0.1) is 6.42 Å². The molecule has 1 aromatic carbocycles. The Kier molecular flexibility index (Phi) is 4.75. The molecule has 1 N–H and O–H groups in total. The van der Waals surface area contributed by atoms with Crippen molar-refractivity contribution in [2.24, 2.45) is 0 Å². The van der Waals surface area contributed by atoms with Gasteiger partial charge in [-0.1, -0.05) is 0 Å². The topological polar surface area (TPSA) is 56.2 Å². The predicted octanol–water partition coefficient (Wildman–Crippen LogP) is 4.01. The third-order valence-corrected chi connectivity index (χ3v) is 4.08. The number of thiazole rings is 1. The first-order valence-electron chi connectivity index (χ1n) is 7.13. The number of benzene rings is 1. The lowest BCUT2D eigenvalue weighted by atomic mass is 10.3. The van der Waals surface area contributed by atoms with Crippen molar-refractivity contribution < 1.29 is 22.7 Å². The van der Waals surface area contributed by atoms with E-state index in [4.69, 9.17) is 0 Å². The number of aromatic nitrogens is 2. The number of carbonyl (C=O) groups is 1. The fourth-order valence-electron chi connectivity index (χ4n) is 2.06. The molecule has 0 saturated carbocycles. The van der Waals surface area contributed by atoms with Crippen LogP contribution in [0.4, 0.5) is 18.9 Å². The number of anilines is 1. The second kappa shape index (κ2) is 6.98. The molecule has 0 radical (unpaired) electrons. The number of alkyl halides is 3. The molecule has 0 aliphatic carbocycles. The number of amides is 1. The predicted molar refractivity (Wildman–Crippen MR) is 86.9 cm³/mol. The zero-order valence-electron chi connectivity index (χ0n) is 12.7. The summed E-state index contributed by atoms with van der Waals surface area (Å²) in [6.07, 6.45) is 0.717. The Hall–Kier alpha value is -2.81. The van der Waals surface area contributed by atoms with Gasteiger partial charge in [0.25, 0.3) is 0 Å². The minimum absolute atomic E-state index is 0.125. The third kappa shape index (κ3) is 4.83. The quantitative estimate of drug-likeness (QED) is 0.741. The fraction of sp³-hybridized carbons (Fsp3) is 0.125. The molecule has 0 unspecified atom stereocenters. The van der Waals surface area contributed by atoms with E-state index < -0.39 is 6.36 Å². The molecule has 0 spiro atoms. The Morgan fingerprint density at radius 2 is 1.88 bits per heavy atom. The minimum atomic E-state index is -4.74. The molecule has 0 fully saturated rings. The maximum Gasteiger partial charge on any atom is 0.573 e. The third-order valence-electron chi connectivity index (χ3n) is 3.07. The zero-order chi connectivity index (χ0) is 17.9. The molecule has 0 saturated heterocycles. The standard InChI is InChI=1S/C16H12F3N3O2S/c17-16(18,19)24-12-5-3-11(4-6-12)21-14(23)9-13-10-20-15(25-13)22-7-1-2-8-22/h1-8,10H,9H2,(H,21,23). The molecule has 25 heavy (non-hydrogen) atoms. The van der Waals surface area contributed by atoms with Gasteiger partial charge in [-0.15, -0.1) is 24.5 Å². The van der Waals surface area contributed by atoms with Gasteiger partial charge in [0.2, 0.25) is 5.91 Å². The lowest BCUT2D eigenvalue weighted by Crippen LogP contribution is -2.17. The molecule has 130 valence electrons. The van der Waals surface area contributed by atoms with Crippen LogP contribution in [0.5, 0.6) is 5.75 Å². The number of ether oxygens (including phenoxy) is 1. The number of nitrogens with zero attached hydrogens (tertiary/aromatic N) is 2. The number of hydrogen-bond acceptors (Lipinski definition) is 4. The van der Waals surface area contributed by atoms with E-state index in [1.165, 1.54) is 23.5 Å². The molecule has 0 aliphatic heterocycles. The summed E-state index contributed by atoms with van der Waals surface area (Å²) in [4.78, 5) is 17.1. The summed E-state index contributed by atoms with van der Waals surface area (Å²) >= 11 is 1.38. The summed E-state index contributed by atoms with van der Waals surface area (Å²) in [5.41, 5.74) is 0.384. The average molecular weight is 367 g/mol. The largest absolute Gasteiger partial charge is 0.573 e. The summed E-state index contributed by atoms with van der Waals surface area (Å²) < 4.78 is 41.9. The zero-order valence-corrected chi connectivity index (χ0v) is 13.5. The molecule has 1 amide bonds. The van der Waals surface area contributed by atoms with Crippen molar-refractivity contribution in [3.8, 4) is 10.9 Å². The Morgan fingerprint density at radius 1 is 1.20 bits per heavy atom. The SMILES string of the molecule is O=C(Cc1cnc(-n2cccc2)s1)Nc1ccc(OC(F)(F)F)cc1. The Labute approximate surface area is 144 Å². The lowest BCUT2D eigenvalue weighted by Gasteiger charge is -2.09. The van der Waals surface area contributed by atoms with Crippen LogP contribution in [0.15, 0.2) is 55.0 Å². The molecule has 3 aromatic rings. The molecule has 5 nitrogen and oxygen atoms in total. The molecule has 0 atom stereocenters. The lowest BCUT2D eigenvalue weighted by molar-refractivity contribution is -0.274. The van der Waals surface area contributed by atoms with Crippen molar-refractivity contribution in [1.29, 1.82) is 0 Å². The van der Waals surface area contributed by atoms with Crippen molar-refractivity contribution in [3.63, 3.8) is 0 Å². The van der Waals surface area contributed by atoms with Gasteiger partial charge in [0.15, 0.2) is 5.13 Å². The van der Waals surface area contributed by atoms with Gasteiger partial charge in [-0.05, 0) is 36.4 Å². The van der Waals surface area contributed by atoms with E-state index in [-0.39, 0.29) is 18.1 Å². The summed E-state index contributed by atoms with van der Waals surface area (Å²) in [6, 6.07) is 8.72. The van der Waals surface area contributed by atoms with E-state index in [2.05, 4.69) is 15.0 Å². The Balaban J connectivity index is 1.57. The fourth-order valence-corrected chi connectivity index (χ4v) is 2.94. The van der Waals surface area contributed by atoms with Crippen LogP contribution in [0.3, 0.4) is 0 Å². The maximum absolute atomic E-state index is 12.1. The van der Waals surface area contributed by atoms with Crippen LogP contribution in [0.1, 0.15) is 4.88 Å². The van der Waals surface area contributed by atoms with Gasteiger partial charge in [0.1, 0.15) is 5.75 Å². The number of hydrogen-bond donors (Lipinski definition) is 1. The normalized spacial score (nSPS) is 11.3. The molecule has 9 heteroatoms. The molecule has 2 heterocycles. The van der Waals surface area contributed by atoms with Crippen LogP contribution in [0.25, 0.3) is 5.13 Å². The van der Waals surface area contributed by atoms with E-state index in [1.807, 2.05) is 29.1 Å². The van der Waals surface area contributed by atoms with Crippen LogP contribution < -0.4 is 10.1 Å². The highest BCUT2D eigenvalue weighted by molar-refractivity contribution is 7.14. The molecule has 0 bridgehead atoms. The summed E-state index contributed by atoms with van der Waals surface area (Å²) in [7, 11) is 0.